The summed E-state index contributed by atoms with van der Waals surface area (Å²) in [6.07, 6.45) is 1.24. The second kappa shape index (κ2) is 5.87. The molecule has 80 valence electrons. The van der Waals surface area contributed by atoms with Crippen molar-refractivity contribution in [3.05, 3.63) is 0 Å². The molecule has 0 amide bonds. The lowest BCUT2D eigenvalue weighted by Crippen LogP contribution is -2.35. The molecule has 1 nitrogen and oxygen atoms in total. The van der Waals surface area contributed by atoms with Crippen molar-refractivity contribution in [2.24, 2.45) is 5.41 Å². The van der Waals surface area contributed by atoms with Gasteiger partial charge in [-0.1, -0.05) is 20.8 Å². The van der Waals surface area contributed by atoms with Crippen molar-refractivity contribution >= 4 is 11.6 Å². The van der Waals surface area contributed by atoms with E-state index in [2.05, 4.69) is 39.5 Å². The van der Waals surface area contributed by atoms with Gasteiger partial charge >= 0.3 is 0 Å². The van der Waals surface area contributed by atoms with E-state index >= 15 is 0 Å². The Hall–Kier alpha value is 0.250. The molecule has 0 aromatic rings. The summed E-state index contributed by atoms with van der Waals surface area (Å²) in [5.41, 5.74) is 0.430. The van der Waals surface area contributed by atoms with Gasteiger partial charge in [0.1, 0.15) is 0 Å². The van der Waals surface area contributed by atoms with Crippen LogP contribution in [0.4, 0.5) is 0 Å². The fourth-order valence-electron chi connectivity index (χ4n) is 1.22. The highest BCUT2D eigenvalue weighted by atomic mass is 35.5. The van der Waals surface area contributed by atoms with Gasteiger partial charge in [0.2, 0.25) is 0 Å². The Labute approximate surface area is 88.5 Å². The molecule has 0 N–H and O–H groups in total. The predicted octanol–water partition coefficient (Wildman–Crippen LogP) is 3.37. The van der Waals surface area contributed by atoms with E-state index in [1.807, 2.05) is 0 Å². The monoisotopic (exact) mass is 205 g/mol. The minimum absolute atomic E-state index is 0.430. The van der Waals surface area contributed by atoms with Gasteiger partial charge in [0, 0.05) is 18.5 Å². The smallest absolute Gasteiger partial charge is 0.0351 e. The molecule has 0 spiro atoms. The normalized spacial score (nSPS) is 12.9. The van der Waals surface area contributed by atoms with E-state index in [1.165, 1.54) is 6.42 Å². The lowest BCUT2D eigenvalue weighted by molar-refractivity contribution is 0.199. The zero-order valence-corrected chi connectivity index (χ0v) is 10.5. The first-order valence-electron chi connectivity index (χ1n) is 5.17. The van der Waals surface area contributed by atoms with Crippen LogP contribution in [-0.4, -0.2) is 29.9 Å². The van der Waals surface area contributed by atoms with Crippen LogP contribution in [0.15, 0.2) is 0 Å². The van der Waals surface area contributed by atoms with Crippen molar-refractivity contribution in [3.8, 4) is 0 Å². The van der Waals surface area contributed by atoms with E-state index in [0.29, 0.717) is 11.5 Å². The Morgan fingerprint density at radius 1 is 1.15 bits per heavy atom. The Morgan fingerprint density at radius 3 is 2.00 bits per heavy atom. The number of halogens is 1. The first-order chi connectivity index (χ1) is 5.87. The number of alkyl halides is 1. The molecule has 0 aromatic heterocycles. The summed E-state index contributed by atoms with van der Waals surface area (Å²) in [5.74, 6) is 0.738. The van der Waals surface area contributed by atoms with Crippen LogP contribution in [0.2, 0.25) is 0 Å². The van der Waals surface area contributed by atoms with Crippen molar-refractivity contribution < 1.29 is 0 Å². The van der Waals surface area contributed by atoms with E-state index < -0.39 is 0 Å². The summed E-state index contributed by atoms with van der Waals surface area (Å²) in [4.78, 5) is 2.44. The van der Waals surface area contributed by atoms with E-state index in [-0.39, 0.29) is 0 Å². The van der Waals surface area contributed by atoms with Gasteiger partial charge in [-0.05, 0) is 32.2 Å². The van der Waals surface area contributed by atoms with Crippen LogP contribution in [0.1, 0.15) is 41.0 Å². The molecule has 0 aromatic carbocycles. The quantitative estimate of drug-likeness (QED) is 0.623. The van der Waals surface area contributed by atoms with Gasteiger partial charge in [-0.25, -0.2) is 0 Å². The van der Waals surface area contributed by atoms with Crippen molar-refractivity contribution in [1.29, 1.82) is 0 Å². The summed E-state index contributed by atoms with van der Waals surface area (Å²) in [7, 11) is 0. The molecule has 0 aliphatic heterocycles. The molecule has 13 heavy (non-hydrogen) atoms. The minimum Gasteiger partial charge on any atom is -0.300 e. The van der Waals surface area contributed by atoms with Gasteiger partial charge in [-0.15, -0.1) is 11.6 Å². The van der Waals surface area contributed by atoms with Crippen molar-refractivity contribution in [3.63, 3.8) is 0 Å². The second-order valence-corrected chi connectivity index (χ2v) is 5.51. The third kappa shape index (κ3) is 7.33. The van der Waals surface area contributed by atoms with Gasteiger partial charge < -0.3 is 0 Å². The Bertz CT molecular complexity index is 127. The molecule has 0 bridgehead atoms. The average molecular weight is 206 g/mol. The molecule has 0 atom stereocenters. The lowest BCUT2D eigenvalue weighted by Gasteiger charge is -2.29. The van der Waals surface area contributed by atoms with Gasteiger partial charge in [0.15, 0.2) is 0 Å². The first-order valence-corrected chi connectivity index (χ1v) is 5.70. The van der Waals surface area contributed by atoms with Crippen LogP contribution in [0.3, 0.4) is 0 Å². The molecule has 0 heterocycles. The SMILES string of the molecule is CC(C)N(CCCl)CCC(C)(C)C. The van der Waals surface area contributed by atoms with E-state index in [1.54, 1.807) is 0 Å². The van der Waals surface area contributed by atoms with Gasteiger partial charge in [0.25, 0.3) is 0 Å². The number of hydrogen-bond donors (Lipinski definition) is 0. The highest BCUT2D eigenvalue weighted by Crippen LogP contribution is 2.19. The van der Waals surface area contributed by atoms with Crippen LogP contribution in [0.25, 0.3) is 0 Å². The Morgan fingerprint density at radius 2 is 1.69 bits per heavy atom. The molecule has 2 heteroatoms. The maximum Gasteiger partial charge on any atom is 0.0351 e. The lowest BCUT2D eigenvalue weighted by atomic mass is 9.92. The molecule has 0 rings (SSSR count). The number of hydrogen-bond acceptors (Lipinski definition) is 1. The number of rotatable bonds is 5. The second-order valence-electron chi connectivity index (χ2n) is 5.13. The van der Waals surface area contributed by atoms with Crippen molar-refractivity contribution in [2.75, 3.05) is 19.0 Å². The fourth-order valence-corrected chi connectivity index (χ4v) is 1.43. The van der Waals surface area contributed by atoms with E-state index in [4.69, 9.17) is 11.6 Å². The van der Waals surface area contributed by atoms with Crippen molar-refractivity contribution in [2.45, 2.75) is 47.1 Å². The maximum atomic E-state index is 5.75. The predicted molar refractivity (Wildman–Crippen MR) is 61.5 cm³/mol. The molecular weight excluding hydrogens is 182 g/mol. The van der Waals surface area contributed by atoms with Gasteiger partial charge in [-0.2, -0.15) is 0 Å². The summed E-state index contributed by atoms with van der Waals surface area (Å²) in [5, 5.41) is 0. The Balaban J connectivity index is 3.82. The topological polar surface area (TPSA) is 3.24 Å². The molecule has 0 saturated heterocycles. The van der Waals surface area contributed by atoms with E-state index in [0.717, 1.165) is 19.0 Å². The van der Waals surface area contributed by atoms with Crippen LogP contribution in [-0.2, 0) is 0 Å². The highest BCUT2D eigenvalue weighted by Gasteiger charge is 2.14. The summed E-state index contributed by atoms with van der Waals surface area (Å²) in [6.45, 7) is 13.5. The number of nitrogens with zero attached hydrogens (tertiary/aromatic N) is 1. The fraction of sp³-hybridized carbons (Fsp3) is 1.00. The van der Waals surface area contributed by atoms with Crippen LogP contribution in [0, 0.1) is 5.41 Å². The first kappa shape index (κ1) is 13.2. The van der Waals surface area contributed by atoms with Crippen LogP contribution < -0.4 is 0 Å². The summed E-state index contributed by atoms with van der Waals surface area (Å²) in [6, 6.07) is 0.612. The third-order valence-corrected chi connectivity index (χ3v) is 2.42. The van der Waals surface area contributed by atoms with E-state index in [9.17, 15) is 0 Å². The molecule has 0 saturated carbocycles. The molecular formula is C11H24ClN. The van der Waals surface area contributed by atoms with Crippen LogP contribution in [0.5, 0.6) is 0 Å². The third-order valence-electron chi connectivity index (χ3n) is 2.25. The molecule has 0 fully saturated rings. The largest absolute Gasteiger partial charge is 0.300 e. The minimum atomic E-state index is 0.430. The molecule has 0 aliphatic carbocycles. The highest BCUT2D eigenvalue weighted by molar-refractivity contribution is 6.18. The average Bonchev–Trinajstić information content (AvgIpc) is 1.95. The van der Waals surface area contributed by atoms with Crippen LogP contribution >= 0.6 is 11.6 Å². The molecule has 0 unspecified atom stereocenters. The summed E-state index contributed by atoms with van der Waals surface area (Å²) < 4.78 is 0. The van der Waals surface area contributed by atoms with Gasteiger partial charge in [0.05, 0.1) is 0 Å². The maximum absolute atomic E-state index is 5.75. The molecule has 0 radical (unpaired) electrons. The zero-order valence-electron chi connectivity index (χ0n) is 9.73. The standard InChI is InChI=1S/C11H24ClN/c1-10(2)13(9-7-12)8-6-11(3,4)5/h10H,6-9H2,1-5H3. The van der Waals surface area contributed by atoms with Gasteiger partial charge in [-0.3, -0.25) is 4.90 Å². The summed E-state index contributed by atoms with van der Waals surface area (Å²) >= 11 is 5.75. The van der Waals surface area contributed by atoms with Crippen molar-refractivity contribution in [1.82, 2.24) is 4.90 Å². The molecule has 0 aliphatic rings. The Kier molecular flexibility index (Phi) is 5.98. The zero-order chi connectivity index (χ0) is 10.5.